The molecule has 0 saturated carbocycles. The molecular weight excluding hydrogens is 377 g/mol. The van der Waals surface area contributed by atoms with E-state index in [1.54, 1.807) is 0 Å². The van der Waals surface area contributed by atoms with E-state index in [0.29, 0.717) is 12.8 Å². The van der Waals surface area contributed by atoms with Gasteiger partial charge < -0.3 is 9.47 Å². The van der Waals surface area contributed by atoms with Crippen LogP contribution < -0.4 is 0 Å². The van der Waals surface area contributed by atoms with Crippen molar-refractivity contribution in [2.45, 2.75) is 135 Å². The molecule has 0 N–H and O–H groups in total. The molecule has 0 spiro atoms. The van der Waals surface area contributed by atoms with Gasteiger partial charge in [-0.2, -0.15) is 13.2 Å². The van der Waals surface area contributed by atoms with Crippen LogP contribution in [0.15, 0.2) is 0 Å². The Hall–Kier alpha value is -0.290. The minimum atomic E-state index is -3.98. The van der Waals surface area contributed by atoms with E-state index in [2.05, 4.69) is 13.8 Å². The average molecular weight is 425 g/mol. The van der Waals surface area contributed by atoms with Gasteiger partial charge >= 0.3 is 6.18 Å². The Kier molecular flexibility index (Phi) is 20.8. The lowest BCUT2D eigenvalue weighted by atomic mass is 10.0. The summed E-state index contributed by atoms with van der Waals surface area (Å²) in [5.74, 6) is 0. The molecule has 0 heterocycles. The maximum atomic E-state index is 12.0. The Balaban J connectivity index is 3.18. The van der Waals surface area contributed by atoms with E-state index in [4.69, 9.17) is 9.47 Å². The Morgan fingerprint density at radius 3 is 1.55 bits per heavy atom. The molecule has 1 unspecified atom stereocenters. The Morgan fingerprint density at radius 1 is 0.621 bits per heavy atom. The highest BCUT2D eigenvalue weighted by atomic mass is 19.4. The van der Waals surface area contributed by atoms with Crippen molar-refractivity contribution in [3.8, 4) is 0 Å². The fraction of sp³-hybridized carbons (Fsp3) is 1.00. The van der Waals surface area contributed by atoms with Crippen molar-refractivity contribution in [1.82, 2.24) is 0 Å². The summed E-state index contributed by atoms with van der Waals surface area (Å²) in [6.07, 6.45) is 13.2. The van der Waals surface area contributed by atoms with Crippen molar-refractivity contribution in [3.05, 3.63) is 0 Å². The normalized spacial score (nSPS) is 13.1. The lowest BCUT2D eigenvalue weighted by Gasteiger charge is -2.16. The Labute approximate surface area is 178 Å². The molecule has 0 fully saturated rings. The molecular formula is C24H47F3O2. The van der Waals surface area contributed by atoms with Gasteiger partial charge in [0.25, 0.3) is 0 Å². The highest BCUT2D eigenvalue weighted by Gasteiger charge is 2.25. The highest BCUT2D eigenvalue weighted by Crippen LogP contribution is 2.23. The lowest BCUT2D eigenvalue weighted by molar-refractivity contribution is -0.135. The third-order valence-corrected chi connectivity index (χ3v) is 5.36. The number of unbranched alkanes of at least 4 members (excludes halogenated alkanes) is 13. The van der Waals surface area contributed by atoms with Crippen LogP contribution in [0.5, 0.6) is 0 Å². The van der Waals surface area contributed by atoms with Gasteiger partial charge in [-0.25, -0.2) is 0 Å². The fourth-order valence-corrected chi connectivity index (χ4v) is 3.37. The van der Waals surface area contributed by atoms with Crippen LogP contribution in [-0.4, -0.2) is 32.1 Å². The maximum Gasteiger partial charge on any atom is 0.389 e. The first-order valence-electron chi connectivity index (χ1n) is 12.3. The summed E-state index contributed by atoms with van der Waals surface area (Å²) in [5, 5.41) is 0. The number of hydrogen-bond acceptors (Lipinski definition) is 2. The van der Waals surface area contributed by atoms with Crippen LogP contribution in [0.25, 0.3) is 0 Å². The summed E-state index contributed by atoms with van der Waals surface area (Å²) < 4.78 is 47.6. The first kappa shape index (κ1) is 28.7. The van der Waals surface area contributed by atoms with Gasteiger partial charge in [0.05, 0.1) is 12.7 Å². The van der Waals surface area contributed by atoms with Crippen LogP contribution in [0.3, 0.4) is 0 Å². The van der Waals surface area contributed by atoms with Gasteiger partial charge in [0.1, 0.15) is 0 Å². The van der Waals surface area contributed by atoms with Crippen molar-refractivity contribution in [2.75, 3.05) is 19.8 Å². The zero-order chi connectivity index (χ0) is 21.6. The standard InChI is InChI=1S/C24H47F3O2/c1-3-5-21-29-23(4-2)22-28-20-18-16-14-12-10-8-6-7-9-11-13-15-17-19-24(25,26)27/h23H,3-22H2,1-2H3. The maximum absolute atomic E-state index is 12.0. The predicted molar refractivity (Wildman–Crippen MR) is 116 cm³/mol. The molecule has 0 amide bonds. The smallest absolute Gasteiger partial charge is 0.379 e. The summed E-state index contributed by atoms with van der Waals surface area (Å²) in [6, 6.07) is 0. The third-order valence-electron chi connectivity index (χ3n) is 5.36. The van der Waals surface area contributed by atoms with E-state index >= 15 is 0 Å². The fourth-order valence-electron chi connectivity index (χ4n) is 3.37. The minimum absolute atomic E-state index is 0.251. The molecule has 2 nitrogen and oxygen atoms in total. The van der Waals surface area contributed by atoms with Crippen LogP contribution in [0.2, 0.25) is 0 Å². The highest BCUT2D eigenvalue weighted by molar-refractivity contribution is 4.55. The third kappa shape index (κ3) is 23.9. The summed E-state index contributed by atoms with van der Waals surface area (Å²) in [4.78, 5) is 0. The molecule has 0 radical (unpaired) electrons. The first-order chi connectivity index (χ1) is 14.0. The van der Waals surface area contributed by atoms with Gasteiger partial charge in [-0.1, -0.05) is 90.9 Å². The van der Waals surface area contributed by atoms with E-state index in [1.165, 1.54) is 57.8 Å². The summed E-state index contributed by atoms with van der Waals surface area (Å²) in [7, 11) is 0. The van der Waals surface area contributed by atoms with Crippen LogP contribution in [0, 0.1) is 0 Å². The van der Waals surface area contributed by atoms with E-state index < -0.39 is 12.6 Å². The lowest BCUT2D eigenvalue weighted by Crippen LogP contribution is -2.20. The second-order valence-electron chi connectivity index (χ2n) is 8.29. The second kappa shape index (κ2) is 21.0. The molecule has 0 bridgehead atoms. The number of halogens is 3. The molecule has 0 saturated heterocycles. The number of hydrogen-bond donors (Lipinski definition) is 0. The topological polar surface area (TPSA) is 18.5 Å². The molecule has 5 heteroatoms. The Bertz CT molecular complexity index is 322. The van der Waals surface area contributed by atoms with Crippen molar-refractivity contribution < 1.29 is 22.6 Å². The molecule has 0 rings (SSSR count). The zero-order valence-corrected chi connectivity index (χ0v) is 19.2. The van der Waals surface area contributed by atoms with Gasteiger partial charge in [0.2, 0.25) is 0 Å². The number of rotatable bonds is 22. The van der Waals surface area contributed by atoms with Gasteiger partial charge in [-0.05, 0) is 25.7 Å². The van der Waals surface area contributed by atoms with Gasteiger partial charge in [0, 0.05) is 19.6 Å². The van der Waals surface area contributed by atoms with Crippen LogP contribution in [0.1, 0.15) is 123 Å². The van der Waals surface area contributed by atoms with Crippen LogP contribution in [0.4, 0.5) is 13.2 Å². The van der Waals surface area contributed by atoms with Gasteiger partial charge in [0.15, 0.2) is 0 Å². The van der Waals surface area contributed by atoms with E-state index in [-0.39, 0.29) is 6.10 Å². The summed E-state index contributed by atoms with van der Waals surface area (Å²) in [5.41, 5.74) is 0. The van der Waals surface area contributed by atoms with Crippen LogP contribution >= 0.6 is 0 Å². The SMILES string of the molecule is CCCCOC(CC)COCCCCCCCCCCCCCCCC(F)(F)F. The molecule has 1 atom stereocenters. The van der Waals surface area contributed by atoms with Crippen molar-refractivity contribution in [1.29, 1.82) is 0 Å². The number of ether oxygens (including phenoxy) is 2. The molecule has 0 aliphatic rings. The Morgan fingerprint density at radius 2 is 1.10 bits per heavy atom. The van der Waals surface area contributed by atoms with Gasteiger partial charge in [-0.15, -0.1) is 0 Å². The second-order valence-corrected chi connectivity index (χ2v) is 8.29. The summed E-state index contributed by atoms with van der Waals surface area (Å²) in [6.45, 7) is 6.74. The van der Waals surface area contributed by atoms with E-state index in [0.717, 1.165) is 51.9 Å². The van der Waals surface area contributed by atoms with Crippen molar-refractivity contribution in [2.24, 2.45) is 0 Å². The molecule has 0 aliphatic heterocycles. The molecule has 0 aromatic carbocycles. The number of alkyl halides is 3. The van der Waals surface area contributed by atoms with E-state index in [9.17, 15) is 13.2 Å². The zero-order valence-electron chi connectivity index (χ0n) is 19.2. The molecule has 29 heavy (non-hydrogen) atoms. The van der Waals surface area contributed by atoms with Crippen LogP contribution in [-0.2, 0) is 9.47 Å². The molecule has 176 valence electrons. The van der Waals surface area contributed by atoms with E-state index in [1.807, 2.05) is 0 Å². The van der Waals surface area contributed by atoms with Gasteiger partial charge in [-0.3, -0.25) is 0 Å². The molecule has 0 aromatic heterocycles. The quantitative estimate of drug-likeness (QED) is 0.162. The molecule has 0 aromatic rings. The first-order valence-corrected chi connectivity index (χ1v) is 12.3. The summed E-state index contributed by atoms with van der Waals surface area (Å²) >= 11 is 0. The average Bonchev–Trinajstić information content (AvgIpc) is 2.68. The van der Waals surface area contributed by atoms with Crippen molar-refractivity contribution in [3.63, 3.8) is 0 Å². The predicted octanol–water partition coefficient (Wildman–Crippen LogP) is 8.62. The molecule has 0 aliphatic carbocycles. The minimum Gasteiger partial charge on any atom is -0.379 e. The monoisotopic (exact) mass is 424 g/mol. The largest absolute Gasteiger partial charge is 0.389 e. The van der Waals surface area contributed by atoms with Crippen molar-refractivity contribution >= 4 is 0 Å².